The molecule has 0 saturated heterocycles. The molecule has 1 heterocycles. The molecule has 1 aromatic heterocycles. The molecule has 0 aromatic carbocycles. The van der Waals surface area contributed by atoms with Gasteiger partial charge in [0.25, 0.3) is 0 Å². The number of aromatic nitrogens is 1. The highest BCUT2D eigenvalue weighted by Crippen LogP contribution is 2.19. The summed E-state index contributed by atoms with van der Waals surface area (Å²) in [4.78, 5) is 13.7. The fourth-order valence-electron chi connectivity index (χ4n) is 0.633. The van der Waals surface area contributed by atoms with E-state index in [9.17, 15) is 4.91 Å². The van der Waals surface area contributed by atoms with Gasteiger partial charge in [-0.25, -0.2) is 4.98 Å². The Hall–Kier alpha value is -1.45. The van der Waals surface area contributed by atoms with Crippen LogP contribution >= 0.6 is 0 Å². The van der Waals surface area contributed by atoms with E-state index in [1.807, 2.05) is 0 Å². The molecule has 0 saturated carbocycles. The molecular formula is C6H6N3O. The third kappa shape index (κ3) is 1.10. The summed E-state index contributed by atoms with van der Waals surface area (Å²) in [5, 5.41) is 6.47. The second-order valence-corrected chi connectivity index (χ2v) is 1.66. The summed E-state index contributed by atoms with van der Waals surface area (Å²) in [6.45, 7) is 0. The van der Waals surface area contributed by atoms with Gasteiger partial charge in [-0.3, -0.25) is 5.32 Å². The van der Waals surface area contributed by atoms with Crippen molar-refractivity contribution in [2.75, 3.05) is 7.05 Å². The number of hydrogen-bond acceptors (Lipinski definition) is 3. The summed E-state index contributed by atoms with van der Waals surface area (Å²) < 4.78 is 0. The van der Waals surface area contributed by atoms with Gasteiger partial charge in [0.05, 0.1) is 0 Å². The van der Waals surface area contributed by atoms with Crippen LogP contribution in [0.4, 0.5) is 11.5 Å². The van der Waals surface area contributed by atoms with Crippen LogP contribution in [-0.4, -0.2) is 12.0 Å². The average molecular weight is 136 g/mol. The predicted molar refractivity (Wildman–Crippen MR) is 37.4 cm³/mol. The molecule has 0 aliphatic rings. The summed E-state index contributed by atoms with van der Waals surface area (Å²) in [7, 11) is 1.59. The SMILES string of the molecule is C[N]c1cccnc1N=O. The standard InChI is InChI=1S/C6H6N3O/c1-7-5-3-2-4-8-6(5)9-10/h2-4H,1H3. The molecule has 0 spiro atoms. The van der Waals surface area contributed by atoms with Crippen molar-refractivity contribution in [1.82, 2.24) is 10.3 Å². The Bertz CT molecular complexity index is 236. The highest BCUT2D eigenvalue weighted by atomic mass is 16.3. The molecule has 1 aromatic rings. The fraction of sp³-hybridized carbons (Fsp3) is 0.167. The van der Waals surface area contributed by atoms with Crippen LogP contribution in [-0.2, 0) is 0 Å². The Morgan fingerprint density at radius 3 is 2.90 bits per heavy atom. The average Bonchev–Trinajstić information content (AvgIpc) is 2.04. The first-order valence-corrected chi connectivity index (χ1v) is 2.76. The Morgan fingerprint density at radius 2 is 2.40 bits per heavy atom. The van der Waals surface area contributed by atoms with Crippen molar-refractivity contribution in [2.45, 2.75) is 0 Å². The number of hydrogen-bond donors (Lipinski definition) is 0. The zero-order chi connectivity index (χ0) is 7.40. The first-order valence-electron chi connectivity index (χ1n) is 2.76. The lowest BCUT2D eigenvalue weighted by Gasteiger charge is -1.95. The molecule has 0 aliphatic heterocycles. The summed E-state index contributed by atoms with van der Waals surface area (Å²) in [6.07, 6.45) is 1.51. The van der Waals surface area contributed by atoms with Gasteiger partial charge in [0.15, 0.2) is 0 Å². The second kappa shape index (κ2) is 2.91. The number of nitrogens with zero attached hydrogens (tertiary/aromatic N) is 3. The lowest BCUT2D eigenvalue weighted by Crippen LogP contribution is -1.87. The number of pyridine rings is 1. The minimum atomic E-state index is 0.144. The van der Waals surface area contributed by atoms with E-state index in [1.165, 1.54) is 6.20 Å². The fourth-order valence-corrected chi connectivity index (χ4v) is 0.633. The van der Waals surface area contributed by atoms with Gasteiger partial charge >= 0.3 is 0 Å². The monoisotopic (exact) mass is 136 g/mol. The second-order valence-electron chi connectivity index (χ2n) is 1.66. The van der Waals surface area contributed by atoms with Crippen molar-refractivity contribution in [3.63, 3.8) is 0 Å². The van der Waals surface area contributed by atoms with Gasteiger partial charge in [0.1, 0.15) is 5.69 Å². The van der Waals surface area contributed by atoms with Crippen LogP contribution in [0, 0.1) is 4.91 Å². The zero-order valence-corrected chi connectivity index (χ0v) is 5.48. The smallest absolute Gasteiger partial charge is 0.221 e. The maximum atomic E-state index is 10.0. The minimum Gasteiger partial charge on any atom is -0.285 e. The highest BCUT2D eigenvalue weighted by molar-refractivity contribution is 5.54. The molecule has 4 nitrogen and oxygen atoms in total. The summed E-state index contributed by atoms with van der Waals surface area (Å²) in [5.41, 5.74) is 0.525. The normalized spacial score (nSPS) is 8.90. The first kappa shape index (κ1) is 6.67. The molecule has 0 amide bonds. The summed E-state index contributed by atoms with van der Waals surface area (Å²) in [6, 6.07) is 3.39. The van der Waals surface area contributed by atoms with Gasteiger partial charge in [0.2, 0.25) is 5.82 Å². The van der Waals surface area contributed by atoms with Crippen LogP contribution < -0.4 is 5.32 Å². The van der Waals surface area contributed by atoms with Crippen LogP contribution in [0.15, 0.2) is 23.5 Å². The van der Waals surface area contributed by atoms with Crippen molar-refractivity contribution in [2.24, 2.45) is 5.18 Å². The third-order valence-corrected chi connectivity index (χ3v) is 1.09. The van der Waals surface area contributed by atoms with Gasteiger partial charge in [-0.1, -0.05) is 0 Å². The Balaban J connectivity index is 3.08. The van der Waals surface area contributed by atoms with Crippen molar-refractivity contribution in [3.8, 4) is 0 Å². The largest absolute Gasteiger partial charge is 0.285 e. The molecule has 0 atom stereocenters. The van der Waals surface area contributed by atoms with Crippen molar-refractivity contribution >= 4 is 11.5 Å². The molecule has 1 radical (unpaired) electrons. The molecule has 4 heteroatoms. The van der Waals surface area contributed by atoms with Crippen LogP contribution in [0.25, 0.3) is 0 Å². The lowest BCUT2D eigenvalue weighted by molar-refractivity contribution is 1.06. The summed E-state index contributed by atoms with van der Waals surface area (Å²) in [5.74, 6) is 0.144. The molecule has 10 heavy (non-hydrogen) atoms. The minimum absolute atomic E-state index is 0.144. The molecule has 0 aliphatic carbocycles. The van der Waals surface area contributed by atoms with Crippen molar-refractivity contribution in [1.29, 1.82) is 0 Å². The Kier molecular flexibility index (Phi) is 1.94. The van der Waals surface area contributed by atoms with Crippen molar-refractivity contribution < 1.29 is 0 Å². The Labute approximate surface area is 58.3 Å². The molecule has 0 fully saturated rings. The zero-order valence-electron chi connectivity index (χ0n) is 5.48. The highest BCUT2D eigenvalue weighted by Gasteiger charge is 1.99. The number of rotatable bonds is 2. The van der Waals surface area contributed by atoms with Gasteiger partial charge in [-0.2, -0.15) is 0 Å². The van der Waals surface area contributed by atoms with Crippen LogP contribution in [0.2, 0.25) is 0 Å². The third-order valence-electron chi connectivity index (χ3n) is 1.09. The Morgan fingerprint density at radius 1 is 1.60 bits per heavy atom. The van der Waals surface area contributed by atoms with Gasteiger partial charge < -0.3 is 0 Å². The quantitative estimate of drug-likeness (QED) is 0.576. The van der Waals surface area contributed by atoms with Crippen LogP contribution in [0.1, 0.15) is 0 Å². The molecule has 51 valence electrons. The van der Waals surface area contributed by atoms with Gasteiger partial charge in [-0.15, -0.1) is 4.91 Å². The van der Waals surface area contributed by atoms with Crippen molar-refractivity contribution in [3.05, 3.63) is 23.2 Å². The van der Waals surface area contributed by atoms with E-state index in [0.29, 0.717) is 5.69 Å². The van der Waals surface area contributed by atoms with E-state index in [0.717, 1.165) is 0 Å². The van der Waals surface area contributed by atoms with E-state index in [4.69, 9.17) is 0 Å². The molecule has 0 bridgehead atoms. The van der Waals surface area contributed by atoms with E-state index in [-0.39, 0.29) is 5.82 Å². The van der Waals surface area contributed by atoms with E-state index in [1.54, 1.807) is 19.2 Å². The van der Waals surface area contributed by atoms with Crippen LogP contribution in [0.5, 0.6) is 0 Å². The first-order chi connectivity index (χ1) is 4.88. The molecular weight excluding hydrogens is 130 g/mol. The topological polar surface area (TPSA) is 56.4 Å². The maximum Gasteiger partial charge on any atom is 0.221 e. The van der Waals surface area contributed by atoms with Crippen LogP contribution in [0.3, 0.4) is 0 Å². The lowest BCUT2D eigenvalue weighted by atomic mass is 10.4. The van der Waals surface area contributed by atoms with E-state index < -0.39 is 0 Å². The molecule has 1 rings (SSSR count). The molecule has 0 unspecified atom stereocenters. The predicted octanol–water partition coefficient (Wildman–Crippen LogP) is 1.35. The number of nitroso groups, excluding NO2 is 1. The van der Waals surface area contributed by atoms with E-state index >= 15 is 0 Å². The van der Waals surface area contributed by atoms with Gasteiger partial charge in [0, 0.05) is 13.2 Å². The van der Waals surface area contributed by atoms with E-state index in [2.05, 4.69) is 15.5 Å². The van der Waals surface area contributed by atoms with Gasteiger partial charge in [-0.05, 0) is 17.3 Å². The maximum absolute atomic E-state index is 10.0. The molecule has 0 N–H and O–H groups in total. The summed E-state index contributed by atoms with van der Waals surface area (Å²) >= 11 is 0.